The average molecular weight is 338 g/mol. The summed E-state index contributed by atoms with van der Waals surface area (Å²) in [5.74, 6) is -0.0784. The minimum Gasteiger partial charge on any atom is -0.496 e. The van der Waals surface area contributed by atoms with Crippen molar-refractivity contribution in [3.63, 3.8) is 0 Å². The summed E-state index contributed by atoms with van der Waals surface area (Å²) in [5, 5.41) is 0. The van der Waals surface area contributed by atoms with Gasteiger partial charge in [-0.2, -0.15) is 0 Å². The Hall–Kier alpha value is -3.15. The number of fused-ring (bicyclic) bond motifs is 1. The van der Waals surface area contributed by atoms with Crippen LogP contribution in [0.25, 0.3) is 5.65 Å². The highest BCUT2D eigenvalue weighted by Crippen LogP contribution is 2.21. The number of benzene rings is 1. The molecule has 0 aliphatic rings. The highest BCUT2D eigenvalue weighted by atomic mass is 16.5. The fraction of sp³-hybridized carbons (Fsp3) is 0.211. The smallest absolute Gasteiger partial charge is 0.342 e. The van der Waals surface area contributed by atoms with Gasteiger partial charge in [0.2, 0.25) is 0 Å². The number of aryl methyl sites for hydroxylation is 2. The van der Waals surface area contributed by atoms with Crippen LogP contribution in [0.5, 0.6) is 5.75 Å². The van der Waals surface area contributed by atoms with Crippen molar-refractivity contribution >= 4 is 11.6 Å². The Labute approximate surface area is 144 Å². The first-order valence-electron chi connectivity index (χ1n) is 7.79. The first-order valence-corrected chi connectivity index (χ1v) is 7.79. The predicted octanol–water partition coefficient (Wildman–Crippen LogP) is 2.68. The van der Waals surface area contributed by atoms with Crippen LogP contribution >= 0.6 is 0 Å². The molecule has 0 bridgehead atoms. The highest BCUT2D eigenvalue weighted by Gasteiger charge is 2.15. The second kappa shape index (κ2) is 6.76. The van der Waals surface area contributed by atoms with Gasteiger partial charge in [-0.15, -0.1) is 0 Å². The first kappa shape index (κ1) is 16.7. The number of methoxy groups -OCH3 is 1. The van der Waals surface area contributed by atoms with Gasteiger partial charge in [0.25, 0.3) is 5.56 Å². The molecule has 0 N–H and O–H groups in total. The maximum absolute atomic E-state index is 12.4. The van der Waals surface area contributed by atoms with Crippen LogP contribution in [0.15, 0.2) is 47.4 Å². The van der Waals surface area contributed by atoms with E-state index in [2.05, 4.69) is 4.98 Å². The molecule has 3 rings (SSSR count). The number of aromatic nitrogens is 2. The van der Waals surface area contributed by atoms with Gasteiger partial charge in [0.15, 0.2) is 0 Å². The molecule has 2 aromatic heterocycles. The first-order chi connectivity index (χ1) is 12.0. The molecule has 0 aliphatic heterocycles. The molecule has 6 nitrogen and oxygen atoms in total. The van der Waals surface area contributed by atoms with Gasteiger partial charge < -0.3 is 9.47 Å². The van der Waals surface area contributed by atoms with Crippen LogP contribution in [0.4, 0.5) is 0 Å². The van der Waals surface area contributed by atoms with E-state index in [-0.39, 0.29) is 12.2 Å². The van der Waals surface area contributed by atoms with E-state index < -0.39 is 5.97 Å². The van der Waals surface area contributed by atoms with Crippen LogP contribution in [-0.2, 0) is 11.3 Å². The molecule has 0 aliphatic carbocycles. The summed E-state index contributed by atoms with van der Waals surface area (Å²) in [5.41, 5.74) is 2.87. The Morgan fingerprint density at radius 3 is 2.76 bits per heavy atom. The van der Waals surface area contributed by atoms with Gasteiger partial charge in [0, 0.05) is 12.3 Å². The molecule has 1 aromatic carbocycles. The summed E-state index contributed by atoms with van der Waals surface area (Å²) >= 11 is 0. The van der Waals surface area contributed by atoms with Gasteiger partial charge in [-0.1, -0.05) is 17.7 Å². The molecule has 3 aromatic rings. The molecule has 128 valence electrons. The van der Waals surface area contributed by atoms with E-state index in [9.17, 15) is 9.59 Å². The number of esters is 1. The molecule has 0 amide bonds. The molecular weight excluding hydrogens is 320 g/mol. The lowest BCUT2D eigenvalue weighted by molar-refractivity contribution is 0.0464. The van der Waals surface area contributed by atoms with Crippen LogP contribution in [0.3, 0.4) is 0 Å². The topological polar surface area (TPSA) is 69.9 Å². The average Bonchev–Trinajstić information content (AvgIpc) is 2.60. The Bertz CT molecular complexity index is 1010. The number of hydrogen-bond acceptors (Lipinski definition) is 5. The Kier molecular flexibility index (Phi) is 4.52. The standard InChI is InChI=1S/C19H18N2O4/c1-12-6-7-16(24-3)15(9-12)19(23)25-11-14-10-17(22)21-8-4-5-13(2)18(21)20-14/h4-10H,11H2,1-3H3. The van der Waals surface area contributed by atoms with Crippen LogP contribution < -0.4 is 10.3 Å². The van der Waals surface area contributed by atoms with Crippen molar-refractivity contribution in [2.75, 3.05) is 7.11 Å². The molecule has 0 radical (unpaired) electrons. The second-order valence-electron chi connectivity index (χ2n) is 5.75. The molecule has 2 heterocycles. The molecule has 0 spiro atoms. The van der Waals surface area contributed by atoms with Crippen molar-refractivity contribution in [2.24, 2.45) is 0 Å². The lowest BCUT2D eigenvalue weighted by Gasteiger charge is -2.10. The number of hydrogen-bond donors (Lipinski definition) is 0. The SMILES string of the molecule is COc1ccc(C)cc1C(=O)OCc1cc(=O)n2cccc(C)c2n1. The quantitative estimate of drug-likeness (QED) is 0.684. The van der Waals surface area contributed by atoms with Gasteiger partial charge in [-0.3, -0.25) is 9.20 Å². The van der Waals surface area contributed by atoms with Gasteiger partial charge >= 0.3 is 5.97 Å². The Morgan fingerprint density at radius 1 is 1.20 bits per heavy atom. The predicted molar refractivity (Wildman–Crippen MR) is 93.0 cm³/mol. The summed E-state index contributed by atoms with van der Waals surface area (Å²) in [4.78, 5) is 28.9. The second-order valence-corrected chi connectivity index (χ2v) is 5.75. The molecule has 0 atom stereocenters. The van der Waals surface area contributed by atoms with E-state index in [0.717, 1.165) is 11.1 Å². The summed E-state index contributed by atoms with van der Waals surface area (Å²) in [6.07, 6.45) is 1.66. The molecule has 0 saturated carbocycles. The van der Waals surface area contributed by atoms with Gasteiger partial charge in [-0.05, 0) is 37.6 Å². The van der Waals surface area contributed by atoms with Crippen molar-refractivity contribution in [2.45, 2.75) is 20.5 Å². The summed E-state index contributed by atoms with van der Waals surface area (Å²) in [6, 6.07) is 10.3. The number of carbonyl (C=O) groups is 1. The van der Waals surface area contributed by atoms with E-state index in [1.807, 2.05) is 26.0 Å². The third kappa shape index (κ3) is 3.38. The van der Waals surface area contributed by atoms with Crippen LogP contribution in [0, 0.1) is 13.8 Å². The summed E-state index contributed by atoms with van der Waals surface area (Å²) in [6.45, 7) is 3.66. The van der Waals surface area contributed by atoms with Crippen LogP contribution in [-0.4, -0.2) is 22.5 Å². The summed E-state index contributed by atoms with van der Waals surface area (Å²) < 4.78 is 12.0. The van der Waals surface area contributed by atoms with Crippen molar-refractivity contribution in [1.82, 2.24) is 9.38 Å². The maximum atomic E-state index is 12.4. The largest absolute Gasteiger partial charge is 0.496 e. The molecule has 0 saturated heterocycles. The van der Waals surface area contributed by atoms with E-state index in [0.29, 0.717) is 22.7 Å². The molecule has 0 fully saturated rings. The van der Waals surface area contributed by atoms with Crippen molar-refractivity contribution in [3.05, 3.63) is 75.3 Å². The fourth-order valence-electron chi connectivity index (χ4n) is 2.58. The number of pyridine rings is 1. The normalized spacial score (nSPS) is 10.7. The van der Waals surface area contributed by atoms with Crippen LogP contribution in [0.2, 0.25) is 0 Å². The maximum Gasteiger partial charge on any atom is 0.342 e. The Morgan fingerprint density at radius 2 is 2.00 bits per heavy atom. The Balaban J connectivity index is 1.86. The van der Waals surface area contributed by atoms with Crippen molar-refractivity contribution < 1.29 is 14.3 Å². The highest BCUT2D eigenvalue weighted by molar-refractivity contribution is 5.92. The van der Waals surface area contributed by atoms with Crippen LogP contribution in [0.1, 0.15) is 27.2 Å². The monoisotopic (exact) mass is 338 g/mol. The molecule has 6 heteroatoms. The lowest BCUT2D eigenvalue weighted by atomic mass is 10.1. The van der Waals surface area contributed by atoms with Gasteiger partial charge in [0.1, 0.15) is 23.6 Å². The number of nitrogens with zero attached hydrogens (tertiary/aromatic N) is 2. The third-order valence-corrected chi connectivity index (χ3v) is 3.87. The number of rotatable bonds is 4. The van der Waals surface area contributed by atoms with Gasteiger partial charge in [-0.25, -0.2) is 9.78 Å². The molecular formula is C19H18N2O4. The lowest BCUT2D eigenvalue weighted by Crippen LogP contribution is -2.17. The zero-order valence-corrected chi connectivity index (χ0v) is 14.3. The molecule has 25 heavy (non-hydrogen) atoms. The fourth-order valence-corrected chi connectivity index (χ4v) is 2.58. The third-order valence-electron chi connectivity index (χ3n) is 3.87. The minimum absolute atomic E-state index is 0.0873. The zero-order chi connectivity index (χ0) is 18.0. The van der Waals surface area contributed by atoms with Gasteiger partial charge in [0.05, 0.1) is 12.8 Å². The summed E-state index contributed by atoms with van der Waals surface area (Å²) in [7, 11) is 1.50. The van der Waals surface area contributed by atoms with E-state index in [4.69, 9.17) is 9.47 Å². The van der Waals surface area contributed by atoms with Crippen molar-refractivity contribution in [1.29, 1.82) is 0 Å². The number of carbonyl (C=O) groups excluding carboxylic acids is 1. The van der Waals surface area contributed by atoms with E-state index >= 15 is 0 Å². The number of ether oxygens (including phenoxy) is 2. The minimum atomic E-state index is -0.521. The van der Waals surface area contributed by atoms with Crippen molar-refractivity contribution in [3.8, 4) is 5.75 Å². The zero-order valence-electron chi connectivity index (χ0n) is 14.3. The van der Waals surface area contributed by atoms with E-state index in [1.165, 1.54) is 17.6 Å². The molecule has 0 unspecified atom stereocenters. The van der Waals surface area contributed by atoms with E-state index in [1.54, 1.807) is 24.4 Å².